The minimum Gasteiger partial charge on any atom is -0.382 e. The molecule has 1 unspecified atom stereocenters. The third-order valence-corrected chi connectivity index (χ3v) is 4.36. The first-order valence-electron chi connectivity index (χ1n) is 8.65. The molecule has 0 aliphatic rings. The highest BCUT2D eigenvalue weighted by Crippen LogP contribution is 2.36. The second-order valence-corrected chi connectivity index (χ2v) is 6.65. The molecular formula is C20H15F6N3O. The van der Waals surface area contributed by atoms with E-state index in [4.69, 9.17) is 0 Å². The smallest absolute Gasteiger partial charge is 0.382 e. The quantitative estimate of drug-likeness (QED) is 0.592. The van der Waals surface area contributed by atoms with Crippen molar-refractivity contribution in [1.29, 1.82) is 0 Å². The monoisotopic (exact) mass is 427 g/mol. The number of halogens is 6. The van der Waals surface area contributed by atoms with Gasteiger partial charge in [-0.05, 0) is 42.3 Å². The van der Waals surface area contributed by atoms with Crippen LogP contribution in [0.2, 0.25) is 0 Å². The molecule has 0 radical (unpaired) electrons. The van der Waals surface area contributed by atoms with Crippen LogP contribution in [0.15, 0.2) is 48.8 Å². The van der Waals surface area contributed by atoms with E-state index >= 15 is 0 Å². The van der Waals surface area contributed by atoms with E-state index in [0.29, 0.717) is 23.3 Å². The fourth-order valence-electron chi connectivity index (χ4n) is 2.98. The van der Waals surface area contributed by atoms with Crippen LogP contribution in [0.3, 0.4) is 0 Å². The van der Waals surface area contributed by atoms with Gasteiger partial charge in [-0.3, -0.25) is 4.98 Å². The summed E-state index contributed by atoms with van der Waals surface area (Å²) >= 11 is 0. The van der Waals surface area contributed by atoms with Crippen LogP contribution >= 0.6 is 0 Å². The maximum absolute atomic E-state index is 13.0. The second kappa shape index (κ2) is 8.02. The lowest BCUT2D eigenvalue weighted by Crippen LogP contribution is -2.15. The number of hydrogen-bond donors (Lipinski definition) is 1. The van der Waals surface area contributed by atoms with Crippen LogP contribution < -0.4 is 0 Å². The number of benzene rings is 1. The average Bonchev–Trinajstić information content (AvgIpc) is 2.66. The SMILES string of the molecule is Cc1cc(C(O)c2cccnc2)nnc1-c1ccc(C(F)(F)F)cc1CC(F)(F)F. The molecule has 0 amide bonds. The molecule has 3 rings (SSSR count). The molecule has 0 bridgehead atoms. The van der Waals surface area contributed by atoms with Crippen LogP contribution in [-0.4, -0.2) is 26.5 Å². The number of aromatic nitrogens is 3. The van der Waals surface area contributed by atoms with Crippen molar-refractivity contribution in [3.63, 3.8) is 0 Å². The van der Waals surface area contributed by atoms with E-state index in [2.05, 4.69) is 15.2 Å². The van der Waals surface area contributed by atoms with Gasteiger partial charge in [-0.25, -0.2) is 0 Å². The third-order valence-electron chi connectivity index (χ3n) is 4.36. The highest BCUT2D eigenvalue weighted by atomic mass is 19.4. The van der Waals surface area contributed by atoms with Gasteiger partial charge >= 0.3 is 12.4 Å². The van der Waals surface area contributed by atoms with Crippen LogP contribution in [-0.2, 0) is 12.6 Å². The molecule has 3 aromatic rings. The average molecular weight is 427 g/mol. The predicted octanol–water partition coefficient (Wildman–Crippen LogP) is 5.05. The Labute approximate surface area is 167 Å². The number of alkyl halides is 6. The van der Waals surface area contributed by atoms with Crippen LogP contribution in [0.25, 0.3) is 11.3 Å². The van der Waals surface area contributed by atoms with E-state index in [-0.39, 0.29) is 17.0 Å². The Bertz CT molecular complexity index is 1030. The maximum atomic E-state index is 13.0. The van der Waals surface area contributed by atoms with Gasteiger partial charge in [0.2, 0.25) is 0 Å². The van der Waals surface area contributed by atoms with Gasteiger partial charge in [0.1, 0.15) is 6.10 Å². The number of aliphatic hydroxyl groups excluding tert-OH is 1. The molecule has 0 spiro atoms. The Morgan fingerprint density at radius 1 is 1.00 bits per heavy atom. The first-order chi connectivity index (χ1) is 14.0. The Hall–Kier alpha value is -3.01. The number of rotatable bonds is 4. The molecule has 1 N–H and O–H groups in total. The van der Waals surface area contributed by atoms with Crippen molar-refractivity contribution in [3.8, 4) is 11.3 Å². The van der Waals surface area contributed by atoms with Gasteiger partial charge in [0.25, 0.3) is 0 Å². The van der Waals surface area contributed by atoms with E-state index in [9.17, 15) is 31.4 Å². The molecule has 0 saturated heterocycles. The lowest BCUT2D eigenvalue weighted by Gasteiger charge is -2.17. The number of aliphatic hydroxyl groups is 1. The molecule has 30 heavy (non-hydrogen) atoms. The summed E-state index contributed by atoms with van der Waals surface area (Å²) in [5, 5.41) is 18.2. The van der Waals surface area contributed by atoms with Crippen LogP contribution in [0.1, 0.15) is 34.1 Å². The number of nitrogens with zero attached hydrogens (tertiary/aromatic N) is 3. The summed E-state index contributed by atoms with van der Waals surface area (Å²) < 4.78 is 77.8. The molecule has 0 aliphatic heterocycles. The van der Waals surface area contributed by atoms with Crippen molar-refractivity contribution in [1.82, 2.24) is 15.2 Å². The molecule has 0 fully saturated rings. The van der Waals surface area contributed by atoms with Gasteiger partial charge in [0.05, 0.1) is 23.4 Å². The zero-order valence-corrected chi connectivity index (χ0v) is 15.5. The second-order valence-electron chi connectivity index (χ2n) is 6.65. The lowest BCUT2D eigenvalue weighted by molar-refractivity contribution is -0.138. The largest absolute Gasteiger partial charge is 0.416 e. The van der Waals surface area contributed by atoms with E-state index in [1.165, 1.54) is 25.4 Å². The molecule has 158 valence electrons. The maximum Gasteiger partial charge on any atom is 0.416 e. The summed E-state index contributed by atoms with van der Waals surface area (Å²) in [6, 6.07) is 6.78. The van der Waals surface area contributed by atoms with Crippen molar-refractivity contribution in [3.05, 3.63) is 76.7 Å². The Balaban J connectivity index is 2.04. The van der Waals surface area contributed by atoms with E-state index in [0.717, 1.165) is 6.07 Å². The van der Waals surface area contributed by atoms with E-state index in [1.807, 2.05) is 0 Å². The van der Waals surface area contributed by atoms with Gasteiger partial charge in [-0.15, -0.1) is 5.10 Å². The fourth-order valence-corrected chi connectivity index (χ4v) is 2.98. The van der Waals surface area contributed by atoms with Crippen molar-refractivity contribution < 1.29 is 31.4 Å². The van der Waals surface area contributed by atoms with Crippen molar-refractivity contribution >= 4 is 0 Å². The van der Waals surface area contributed by atoms with Gasteiger partial charge in [-0.1, -0.05) is 12.1 Å². The topological polar surface area (TPSA) is 58.9 Å². The minimum atomic E-state index is -4.78. The van der Waals surface area contributed by atoms with Crippen LogP contribution in [0.5, 0.6) is 0 Å². The van der Waals surface area contributed by atoms with Crippen LogP contribution in [0.4, 0.5) is 26.3 Å². The zero-order valence-electron chi connectivity index (χ0n) is 15.5. The summed E-state index contributed by atoms with van der Waals surface area (Å²) in [6.07, 6.45) is -9.27. The van der Waals surface area contributed by atoms with Gasteiger partial charge in [0.15, 0.2) is 0 Å². The molecule has 10 heteroatoms. The summed E-state index contributed by atoms with van der Waals surface area (Å²) in [7, 11) is 0. The first kappa shape index (κ1) is 21.7. The molecule has 2 aromatic heterocycles. The molecule has 0 aliphatic carbocycles. The molecule has 0 saturated carbocycles. The first-order valence-corrected chi connectivity index (χ1v) is 8.65. The number of aryl methyl sites for hydroxylation is 1. The molecule has 4 nitrogen and oxygen atoms in total. The summed E-state index contributed by atoms with van der Waals surface area (Å²) in [4.78, 5) is 3.89. The molecular weight excluding hydrogens is 412 g/mol. The Kier molecular flexibility index (Phi) is 5.80. The van der Waals surface area contributed by atoms with Crippen LogP contribution in [0, 0.1) is 6.92 Å². The van der Waals surface area contributed by atoms with Gasteiger partial charge in [-0.2, -0.15) is 31.4 Å². The third kappa shape index (κ3) is 4.93. The Morgan fingerprint density at radius 2 is 1.73 bits per heavy atom. The van der Waals surface area contributed by atoms with E-state index < -0.39 is 36.0 Å². The summed E-state index contributed by atoms with van der Waals surface area (Å²) in [5.74, 6) is 0. The lowest BCUT2D eigenvalue weighted by atomic mass is 9.95. The molecule has 1 aromatic carbocycles. The number of hydrogen-bond acceptors (Lipinski definition) is 4. The normalized spacial score (nSPS) is 13.3. The number of pyridine rings is 1. The highest BCUT2D eigenvalue weighted by molar-refractivity contribution is 5.67. The zero-order chi connectivity index (χ0) is 22.1. The van der Waals surface area contributed by atoms with Crippen molar-refractivity contribution in [2.45, 2.75) is 31.8 Å². The Morgan fingerprint density at radius 3 is 2.30 bits per heavy atom. The van der Waals surface area contributed by atoms with Crippen molar-refractivity contribution in [2.24, 2.45) is 0 Å². The molecule has 2 heterocycles. The van der Waals surface area contributed by atoms with Crippen molar-refractivity contribution in [2.75, 3.05) is 0 Å². The summed E-state index contributed by atoms with van der Waals surface area (Å²) in [5.41, 5.74) is -0.918. The molecule has 1 atom stereocenters. The van der Waals surface area contributed by atoms with Gasteiger partial charge in [0, 0.05) is 23.5 Å². The summed E-state index contributed by atoms with van der Waals surface area (Å²) in [6.45, 7) is 1.53. The standard InChI is InChI=1S/C20H15F6N3O/c1-11-7-16(18(30)12-3-2-6-27-10-12)28-29-17(11)15-5-4-14(20(24,25)26)8-13(15)9-19(21,22)23/h2-8,10,18,30H,9H2,1H3. The van der Waals surface area contributed by atoms with E-state index in [1.54, 1.807) is 12.1 Å². The van der Waals surface area contributed by atoms with Gasteiger partial charge < -0.3 is 5.11 Å². The minimum absolute atomic E-state index is 0.00473. The fraction of sp³-hybridized carbons (Fsp3) is 0.250. The highest BCUT2D eigenvalue weighted by Gasteiger charge is 2.34. The predicted molar refractivity (Wildman–Crippen MR) is 95.3 cm³/mol.